The van der Waals surface area contributed by atoms with Crippen molar-refractivity contribution in [3.8, 4) is 0 Å². The van der Waals surface area contributed by atoms with E-state index in [1.165, 1.54) is 22.4 Å². The lowest BCUT2D eigenvalue weighted by atomic mass is 9.98. The smallest absolute Gasteiger partial charge is 0.0548 e. The molecular formula is C14H21N. The summed E-state index contributed by atoms with van der Waals surface area (Å²) in [5, 5.41) is 0. The zero-order valence-corrected chi connectivity index (χ0v) is 10.5. The van der Waals surface area contributed by atoms with Crippen molar-refractivity contribution in [1.29, 1.82) is 0 Å². The molecule has 0 N–H and O–H groups in total. The molecule has 0 bridgehead atoms. The zero-order chi connectivity index (χ0) is 11.6. The molecule has 0 spiro atoms. The van der Waals surface area contributed by atoms with Crippen LogP contribution in [0.5, 0.6) is 0 Å². The van der Waals surface area contributed by atoms with Gasteiger partial charge < -0.3 is 0 Å². The molecule has 0 aliphatic heterocycles. The van der Waals surface area contributed by atoms with E-state index in [9.17, 15) is 0 Å². The number of allylic oxidation sites excluding steroid dienone is 4. The average Bonchev–Trinajstić information content (AvgIpc) is 2.40. The van der Waals surface area contributed by atoms with Crippen molar-refractivity contribution < 1.29 is 0 Å². The zero-order valence-electron chi connectivity index (χ0n) is 10.5. The van der Waals surface area contributed by atoms with Crippen LogP contribution in [0.4, 0.5) is 0 Å². The molecule has 0 saturated heterocycles. The summed E-state index contributed by atoms with van der Waals surface area (Å²) in [6.07, 6.45) is 3.00. The molecule has 1 heteroatoms. The second-order valence-corrected chi connectivity index (χ2v) is 4.20. The Morgan fingerprint density at radius 3 is 2.47 bits per heavy atom. The van der Waals surface area contributed by atoms with E-state index in [2.05, 4.69) is 39.3 Å². The minimum atomic E-state index is 0.493. The fourth-order valence-electron chi connectivity index (χ4n) is 2.36. The lowest BCUT2D eigenvalue weighted by molar-refractivity contribution is 0.687. The van der Waals surface area contributed by atoms with Crippen LogP contribution < -0.4 is 0 Å². The van der Waals surface area contributed by atoms with E-state index in [-0.39, 0.29) is 0 Å². The van der Waals surface area contributed by atoms with Gasteiger partial charge >= 0.3 is 0 Å². The van der Waals surface area contributed by atoms with E-state index >= 15 is 0 Å². The molecular weight excluding hydrogens is 182 g/mol. The fraction of sp³-hybridized carbons (Fsp3) is 0.500. The van der Waals surface area contributed by atoms with Crippen LogP contribution in [-0.2, 0) is 0 Å². The monoisotopic (exact) mass is 203 g/mol. The molecule has 1 aliphatic rings. The lowest BCUT2D eigenvalue weighted by Crippen LogP contribution is -1.99. The Morgan fingerprint density at radius 2 is 2.07 bits per heavy atom. The number of nitrogens with zero attached hydrogens (tertiary/aromatic N) is 1. The fourth-order valence-corrected chi connectivity index (χ4v) is 2.36. The van der Waals surface area contributed by atoms with Gasteiger partial charge in [0.15, 0.2) is 0 Å². The summed E-state index contributed by atoms with van der Waals surface area (Å²) in [5.74, 6) is 0.493. The summed E-state index contributed by atoms with van der Waals surface area (Å²) < 4.78 is 0. The molecule has 0 radical (unpaired) electrons. The van der Waals surface area contributed by atoms with Crippen LogP contribution in [0.15, 0.2) is 39.6 Å². The van der Waals surface area contributed by atoms with Crippen LogP contribution in [0.1, 0.15) is 41.0 Å². The standard InChI is InChI=1S/C14H21N/c1-7-12-10(5)11(6)13(9(3)4)14(12)15-8-2/h8,12H,3,7H2,1-2,4-6H3. The molecule has 0 saturated carbocycles. The van der Waals surface area contributed by atoms with E-state index in [0.29, 0.717) is 5.92 Å². The van der Waals surface area contributed by atoms with Crippen LogP contribution in [0.2, 0.25) is 0 Å². The van der Waals surface area contributed by atoms with Gasteiger partial charge in [-0.3, -0.25) is 4.99 Å². The third-order valence-electron chi connectivity index (χ3n) is 3.18. The van der Waals surface area contributed by atoms with E-state index in [0.717, 1.165) is 12.0 Å². The molecule has 0 heterocycles. The highest BCUT2D eigenvalue weighted by molar-refractivity contribution is 5.62. The molecule has 82 valence electrons. The van der Waals surface area contributed by atoms with Gasteiger partial charge in [-0.1, -0.05) is 19.1 Å². The first-order chi connectivity index (χ1) is 7.04. The van der Waals surface area contributed by atoms with Gasteiger partial charge in [0.05, 0.1) is 5.70 Å². The second-order valence-electron chi connectivity index (χ2n) is 4.20. The van der Waals surface area contributed by atoms with Crippen molar-refractivity contribution in [1.82, 2.24) is 0 Å². The number of hydrogen-bond acceptors (Lipinski definition) is 1. The van der Waals surface area contributed by atoms with Crippen LogP contribution in [0.3, 0.4) is 0 Å². The summed E-state index contributed by atoms with van der Waals surface area (Å²) >= 11 is 0. The number of hydrogen-bond donors (Lipinski definition) is 0. The minimum Gasteiger partial charge on any atom is -0.265 e. The largest absolute Gasteiger partial charge is 0.265 e. The third-order valence-corrected chi connectivity index (χ3v) is 3.18. The predicted octanol–water partition coefficient (Wildman–Crippen LogP) is 4.28. The van der Waals surface area contributed by atoms with Crippen molar-refractivity contribution in [2.45, 2.75) is 41.0 Å². The highest BCUT2D eigenvalue weighted by Gasteiger charge is 2.27. The van der Waals surface area contributed by atoms with E-state index < -0.39 is 0 Å². The minimum absolute atomic E-state index is 0.493. The van der Waals surface area contributed by atoms with Crippen LogP contribution in [0, 0.1) is 5.92 Å². The number of rotatable bonds is 3. The third kappa shape index (κ3) is 1.97. The van der Waals surface area contributed by atoms with E-state index in [1.807, 2.05) is 13.1 Å². The highest BCUT2D eigenvalue weighted by Crippen LogP contribution is 2.41. The molecule has 1 rings (SSSR count). The molecule has 0 fully saturated rings. The summed E-state index contributed by atoms with van der Waals surface area (Å²) in [4.78, 5) is 4.53. The molecule has 0 aromatic heterocycles. The Bertz CT molecular complexity index is 367. The van der Waals surface area contributed by atoms with Gasteiger partial charge in [-0.05, 0) is 45.3 Å². The molecule has 1 unspecified atom stereocenters. The van der Waals surface area contributed by atoms with Crippen LogP contribution in [0.25, 0.3) is 0 Å². The van der Waals surface area contributed by atoms with Gasteiger partial charge in [0.1, 0.15) is 0 Å². The topological polar surface area (TPSA) is 12.4 Å². The molecule has 1 atom stereocenters. The van der Waals surface area contributed by atoms with Gasteiger partial charge in [-0.2, -0.15) is 0 Å². The van der Waals surface area contributed by atoms with Gasteiger partial charge in [0.25, 0.3) is 0 Å². The molecule has 0 amide bonds. The Hall–Kier alpha value is -1.11. The van der Waals surface area contributed by atoms with Crippen LogP contribution in [-0.4, -0.2) is 6.21 Å². The van der Waals surface area contributed by atoms with Crippen LogP contribution >= 0.6 is 0 Å². The summed E-state index contributed by atoms with van der Waals surface area (Å²) in [6.45, 7) is 14.7. The lowest BCUT2D eigenvalue weighted by Gasteiger charge is -2.11. The van der Waals surface area contributed by atoms with Crippen molar-refractivity contribution >= 4 is 6.21 Å². The van der Waals surface area contributed by atoms with Gasteiger partial charge in [-0.25, -0.2) is 0 Å². The molecule has 1 nitrogen and oxygen atoms in total. The van der Waals surface area contributed by atoms with Crippen molar-refractivity contribution in [2.75, 3.05) is 0 Å². The Morgan fingerprint density at radius 1 is 1.47 bits per heavy atom. The SMILES string of the molecule is C=C(C)C1=C(N=CC)C(CC)C(C)=C1C. The quantitative estimate of drug-likeness (QED) is 0.607. The normalized spacial score (nSPS) is 22.1. The van der Waals surface area contributed by atoms with Gasteiger partial charge in [-0.15, -0.1) is 0 Å². The summed E-state index contributed by atoms with van der Waals surface area (Å²) in [7, 11) is 0. The second kappa shape index (κ2) is 4.61. The Labute approximate surface area is 93.3 Å². The highest BCUT2D eigenvalue weighted by atomic mass is 14.8. The number of aliphatic imine (C=N–C) groups is 1. The maximum absolute atomic E-state index is 4.53. The van der Waals surface area contributed by atoms with Crippen molar-refractivity contribution in [3.63, 3.8) is 0 Å². The molecule has 0 aromatic carbocycles. The molecule has 1 aliphatic carbocycles. The molecule has 15 heavy (non-hydrogen) atoms. The van der Waals surface area contributed by atoms with E-state index in [4.69, 9.17) is 0 Å². The summed E-state index contributed by atoms with van der Waals surface area (Å²) in [5.41, 5.74) is 6.44. The molecule has 0 aromatic rings. The average molecular weight is 203 g/mol. The first-order valence-corrected chi connectivity index (χ1v) is 5.61. The Kier molecular flexibility index (Phi) is 3.67. The van der Waals surface area contributed by atoms with Gasteiger partial charge in [0, 0.05) is 17.7 Å². The maximum atomic E-state index is 4.53. The van der Waals surface area contributed by atoms with Crippen molar-refractivity contribution in [2.24, 2.45) is 10.9 Å². The first kappa shape index (κ1) is 12.0. The van der Waals surface area contributed by atoms with E-state index in [1.54, 1.807) is 0 Å². The maximum Gasteiger partial charge on any atom is 0.0548 e. The predicted molar refractivity (Wildman–Crippen MR) is 68.2 cm³/mol. The Balaban J connectivity index is 3.32. The van der Waals surface area contributed by atoms with Crippen molar-refractivity contribution in [3.05, 3.63) is 34.6 Å². The first-order valence-electron chi connectivity index (χ1n) is 5.61. The summed E-state index contributed by atoms with van der Waals surface area (Å²) in [6, 6.07) is 0. The van der Waals surface area contributed by atoms with Gasteiger partial charge in [0.2, 0.25) is 0 Å².